The predicted octanol–water partition coefficient (Wildman–Crippen LogP) is 3.50. The Balaban J connectivity index is 2.04. The van der Waals surface area contributed by atoms with Crippen LogP contribution in [-0.2, 0) is 6.42 Å². The van der Waals surface area contributed by atoms with E-state index < -0.39 is 0 Å². The lowest BCUT2D eigenvalue weighted by atomic mass is 9.96. The van der Waals surface area contributed by atoms with Crippen molar-refractivity contribution in [2.45, 2.75) is 39.5 Å². The molecule has 0 radical (unpaired) electrons. The predicted molar refractivity (Wildman–Crippen MR) is 84.4 cm³/mol. The fourth-order valence-corrected chi connectivity index (χ4v) is 2.56. The van der Waals surface area contributed by atoms with E-state index in [0.29, 0.717) is 0 Å². The van der Waals surface area contributed by atoms with Gasteiger partial charge in [0.1, 0.15) is 0 Å². The summed E-state index contributed by atoms with van der Waals surface area (Å²) in [7, 11) is 0. The minimum Gasteiger partial charge on any atom is -0.339 e. The summed E-state index contributed by atoms with van der Waals surface area (Å²) in [6.45, 7) is 9.58. The van der Waals surface area contributed by atoms with E-state index in [2.05, 4.69) is 60.1 Å². The van der Waals surface area contributed by atoms with Crippen LogP contribution in [-0.4, -0.2) is 34.7 Å². The van der Waals surface area contributed by atoms with E-state index in [9.17, 15) is 0 Å². The molecule has 0 aliphatic rings. The van der Waals surface area contributed by atoms with Gasteiger partial charge in [0, 0.05) is 18.9 Å². The Morgan fingerprint density at radius 2 is 1.81 bits per heavy atom. The van der Waals surface area contributed by atoms with Crippen molar-refractivity contribution in [3.05, 3.63) is 47.6 Å². The number of benzene rings is 1. The van der Waals surface area contributed by atoms with Gasteiger partial charge in [0.2, 0.25) is 5.89 Å². The van der Waals surface area contributed by atoms with Gasteiger partial charge in [-0.2, -0.15) is 4.98 Å². The van der Waals surface area contributed by atoms with Crippen LogP contribution >= 0.6 is 0 Å². The van der Waals surface area contributed by atoms with E-state index in [1.807, 2.05) is 6.07 Å². The monoisotopic (exact) mass is 287 g/mol. The first-order valence-corrected chi connectivity index (χ1v) is 7.88. The minimum atomic E-state index is 0.220. The molecule has 0 unspecified atom stereocenters. The van der Waals surface area contributed by atoms with Crippen molar-refractivity contribution >= 4 is 0 Å². The quantitative estimate of drug-likeness (QED) is 0.745. The van der Waals surface area contributed by atoms with Gasteiger partial charge in [-0.05, 0) is 25.1 Å². The molecule has 2 rings (SSSR count). The first-order valence-electron chi connectivity index (χ1n) is 7.88. The van der Waals surface area contributed by atoms with Gasteiger partial charge in [-0.3, -0.25) is 0 Å². The first kappa shape index (κ1) is 15.7. The Kier molecular flexibility index (Phi) is 5.93. The molecule has 0 N–H and O–H groups in total. The van der Waals surface area contributed by atoms with Crippen molar-refractivity contribution in [1.82, 2.24) is 15.0 Å². The van der Waals surface area contributed by atoms with Crippen LogP contribution in [0.2, 0.25) is 0 Å². The SMILES string of the molecule is CC[C@@H](c1ccccc1)c1noc(CCN(CC)CC)n1. The smallest absolute Gasteiger partial charge is 0.227 e. The Morgan fingerprint density at radius 3 is 2.43 bits per heavy atom. The minimum absolute atomic E-state index is 0.220. The summed E-state index contributed by atoms with van der Waals surface area (Å²) in [5.41, 5.74) is 1.25. The van der Waals surface area contributed by atoms with Crippen molar-refractivity contribution in [3.8, 4) is 0 Å². The molecule has 1 heterocycles. The molecule has 0 aliphatic heterocycles. The fraction of sp³-hybridized carbons (Fsp3) is 0.529. The van der Waals surface area contributed by atoms with Crippen LogP contribution in [0.5, 0.6) is 0 Å². The summed E-state index contributed by atoms with van der Waals surface area (Å²) in [5.74, 6) is 1.77. The second-order valence-electron chi connectivity index (χ2n) is 5.19. The van der Waals surface area contributed by atoms with Gasteiger partial charge >= 0.3 is 0 Å². The van der Waals surface area contributed by atoms with E-state index >= 15 is 0 Å². The number of aromatic nitrogens is 2. The van der Waals surface area contributed by atoms with Crippen molar-refractivity contribution in [1.29, 1.82) is 0 Å². The third kappa shape index (κ3) is 4.14. The van der Waals surface area contributed by atoms with E-state index in [-0.39, 0.29) is 5.92 Å². The lowest BCUT2D eigenvalue weighted by molar-refractivity contribution is 0.286. The summed E-state index contributed by atoms with van der Waals surface area (Å²) >= 11 is 0. The maximum atomic E-state index is 5.42. The van der Waals surface area contributed by atoms with Crippen molar-refractivity contribution in [3.63, 3.8) is 0 Å². The summed E-state index contributed by atoms with van der Waals surface area (Å²) in [4.78, 5) is 6.95. The molecule has 4 nitrogen and oxygen atoms in total. The Bertz CT molecular complexity index is 520. The first-order chi connectivity index (χ1) is 10.3. The molecule has 2 aromatic rings. The van der Waals surface area contributed by atoms with Gasteiger partial charge in [-0.25, -0.2) is 0 Å². The maximum Gasteiger partial charge on any atom is 0.227 e. The average molecular weight is 287 g/mol. The third-order valence-corrected chi connectivity index (χ3v) is 3.94. The molecule has 0 aliphatic carbocycles. The van der Waals surface area contributed by atoms with E-state index in [0.717, 1.165) is 44.2 Å². The second kappa shape index (κ2) is 7.93. The van der Waals surface area contributed by atoms with Crippen LogP contribution < -0.4 is 0 Å². The van der Waals surface area contributed by atoms with Crippen molar-refractivity contribution < 1.29 is 4.52 Å². The molecule has 114 valence electrons. The highest BCUT2D eigenvalue weighted by atomic mass is 16.5. The number of hydrogen-bond acceptors (Lipinski definition) is 4. The standard InChI is InChI=1S/C17H25N3O/c1-4-15(14-10-8-7-9-11-14)17-18-16(21-19-17)12-13-20(5-2)6-3/h7-11,15H,4-6,12-13H2,1-3H3/t15-/m0/s1. The molecule has 21 heavy (non-hydrogen) atoms. The summed E-state index contributed by atoms with van der Waals surface area (Å²) in [6.07, 6.45) is 1.79. The number of rotatable bonds is 8. The summed E-state index contributed by atoms with van der Waals surface area (Å²) in [5, 5.41) is 4.19. The molecule has 1 aromatic heterocycles. The van der Waals surface area contributed by atoms with Crippen LogP contribution in [0.4, 0.5) is 0 Å². The van der Waals surface area contributed by atoms with E-state index in [1.165, 1.54) is 5.56 Å². The lowest BCUT2D eigenvalue weighted by Gasteiger charge is -2.16. The van der Waals surface area contributed by atoms with Crippen LogP contribution in [0, 0.1) is 0 Å². The van der Waals surface area contributed by atoms with Crippen LogP contribution in [0.3, 0.4) is 0 Å². The van der Waals surface area contributed by atoms with Gasteiger partial charge in [0.05, 0.1) is 0 Å². The number of likely N-dealkylation sites (N-methyl/N-ethyl adjacent to an activating group) is 1. The molecule has 0 saturated heterocycles. The van der Waals surface area contributed by atoms with Gasteiger partial charge in [-0.1, -0.05) is 56.3 Å². The number of nitrogens with zero attached hydrogens (tertiary/aromatic N) is 3. The summed E-state index contributed by atoms with van der Waals surface area (Å²) in [6, 6.07) is 10.4. The zero-order chi connectivity index (χ0) is 15.1. The third-order valence-electron chi connectivity index (χ3n) is 3.94. The molecule has 0 bridgehead atoms. The normalized spacial score (nSPS) is 12.8. The van der Waals surface area contributed by atoms with Crippen molar-refractivity contribution in [2.24, 2.45) is 0 Å². The van der Waals surface area contributed by atoms with Crippen molar-refractivity contribution in [2.75, 3.05) is 19.6 Å². The highest BCUT2D eigenvalue weighted by Gasteiger charge is 2.18. The summed E-state index contributed by atoms with van der Waals surface area (Å²) < 4.78 is 5.42. The largest absolute Gasteiger partial charge is 0.339 e. The molecule has 1 aromatic carbocycles. The fourth-order valence-electron chi connectivity index (χ4n) is 2.56. The van der Waals surface area contributed by atoms with Crippen LogP contribution in [0.15, 0.2) is 34.9 Å². The Morgan fingerprint density at radius 1 is 1.10 bits per heavy atom. The molecule has 0 spiro atoms. The Labute approximate surface area is 127 Å². The average Bonchev–Trinajstić information content (AvgIpc) is 2.99. The van der Waals surface area contributed by atoms with E-state index in [4.69, 9.17) is 4.52 Å². The van der Waals surface area contributed by atoms with E-state index in [1.54, 1.807) is 0 Å². The highest BCUT2D eigenvalue weighted by molar-refractivity contribution is 5.24. The zero-order valence-electron chi connectivity index (χ0n) is 13.2. The second-order valence-corrected chi connectivity index (χ2v) is 5.19. The van der Waals surface area contributed by atoms with Gasteiger partial charge < -0.3 is 9.42 Å². The van der Waals surface area contributed by atoms with Gasteiger partial charge in [0.25, 0.3) is 0 Å². The highest BCUT2D eigenvalue weighted by Crippen LogP contribution is 2.25. The number of hydrogen-bond donors (Lipinski definition) is 0. The molecule has 0 amide bonds. The van der Waals surface area contributed by atoms with Crippen LogP contribution in [0.25, 0.3) is 0 Å². The van der Waals surface area contributed by atoms with Crippen LogP contribution in [0.1, 0.15) is 50.4 Å². The topological polar surface area (TPSA) is 42.2 Å². The molecule has 0 saturated carbocycles. The molecule has 4 heteroatoms. The van der Waals surface area contributed by atoms with Gasteiger partial charge in [-0.15, -0.1) is 0 Å². The molecular formula is C17H25N3O. The zero-order valence-corrected chi connectivity index (χ0v) is 13.2. The Hall–Kier alpha value is -1.68. The van der Waals surface area contributed by atoms with Gasteiger partial charge in [0.15, 0.2) is 5.82 Å². The maximum absolute atomic E-state index is 5.42. The molecular weight excluding hydrogens is 262 g/mol. The lowest BCUT2D eigenvalue weighted by Crippen LogP contribution is -2.25. The molecule has 1 atom stereocenters. The molecule has 0 fully saturated rings.